The van der Waals surface area contributed by atoms with E-state index in [1.165, 1.54) is 6.07 Å². The van der Waals surface area contributed by atoms with Crippen molar-refractivity contribution in [2.75, 3.05) is 5.32 Å². The molecule has 1 saturated heterocycles. The van der Waals surface area contributed by atoms with Crippen LogP contribution in [0.3, 0.4) is 0 Å². The van der Waals surface area contributed by atoms with E-state index in [4.69, 9.17) is 23.2 Å². The van der Waals surface area contributed by atoms with E-state index >= 15 is 4.39 Å². The van der Waals surface area contributed by atoms with Gasteiger partial charge in [0, 0.05) is 29.1 Å². The third-order valence-corrected chi connectivity index (χ3v) is 9.12. The molecule has 1 aliphatic carbocycles. The quantitative estimate of drug-likeness (QED) is 0.395. The van der Waals surface area contributed by atoms with Gasteiger partial charge in [-0.3, -0.25) is 9.59 Å². The molecular weight excluding hydrogens is 526 g/mol. The van der Waals surface area contributed by atoms with Crippen LogP contribution in [0.15, 0.2) is 36.4 Å². The number of rotatable bonds is 5. The molecule has 204 valence electrons. The SMILES string of the molecule is CC(C)(C)C[C@@H]1N[C@H](C(=O)CC2CCC(O)CC2)[C@@H](c2cccc(Cl)c2F)[C@]12C(=O)Nc1cc(Cl)ccc12. The number of carbonyl (C=O) groups excluding carboxylic acids is 2. The molecule has 38 heavy (non-hydrogen) atoms. The van der Waals surface area contributed by atoms with Gasteiger partial charge in [-0.2, -0.15) is 0 Å². The van der Waals surface area contributed by atoms with E-state index in [9.17, 15) is 14.7 Å². The molecule has 0 bridgehead atoms. The fourth-order valence-electron chi connectivity index (χ4n) is 6.96. The Morgan fingerprint density at radius 1 is 1.13 bits per heavy atom. The molecule has 3 N–H and O–H groups in total. The van der Waals surface area contributed by atoms with Gasteiger partial charge >= 0.3 is 0 Å². The molecule has 0 radical (unpaired) electrons. The number of benzene rings is 2. The first-order valence-corrected chi connectivity index (χ1v) is 14.2. The Labute approximate surface area is 233 Å². The Hall–Kier alpha value is -1.99. The van der Waals surface area contributed by atoms with Crippen LogP contribution in [0.1, 0.15) is 76.3 Å². The van der Waals surface area contributed by atoms with Crippen molar-refractivity contribution in [3.63, 3.8) is 0 Å². The predicted octanol–water partition coefficient (Wildman–Crippen LogP) is 6.39. The summed E-state index contributed by atoms with van der Waals surface area (Å²) in [6.07, 6.45) is 3.48. The van der Waals surface area contributed by atoms with Gasteiger partial charge in [0.05, 0.1) is 17.2 Å². The zero-order chi connectivity index (χ0) is 27.4. The summed E-state index contributed by atoms with van der Waals surface area (Å²) < 4.78 is 15.8. The summed E-state index contributed by atoms with van der Waals surface area (Å²) in [5, 5.41) is 16.9. The first-order chi connectivity index (χ1) is 17.9. The molecule has 8 heteroatoms. The third kappa shape index (κ3) is 4.78. The summed E-state index contributed by atoms with van der Waals surface area (Å²) >= 11 is 12.6. The number of ketones is 1. The largest absolute Gasteiger partial charge is 0.393 e. The minimum Gasteiger partial charge on any atom is -0.393 e. The molecule has 1 amide bonds. The van der Waals surface area contributed by atoms with Gasteiger partial charge in [-0.05, 0) is 72.8 Å². The lowest BCUT2D eigenvalue weighted by Gasteiger charge is -2.38. The van der Waals surface area contributed by atoms with Gasteiger partial charge in [-0.15, -0.1) is 0 Å². The van der Waals surface area contributed by atoms with E-state index in [2.05, 4.69) is 31.4 Å². The zero-order valence-corrected chi connectivity index (χ0v) is 23.5. The van der Waals surface area contributed by atoms with Crippen molar-refractivity contribution in [1.82, 2.24) is 5.32 Å². The minimum atomic E-state index is -1.23. The Balaban J connectivity index is 1.67. The average molecular weight is 562 g/mol. The Bertz CT molecular complexity index is 1250. The number of hydrogen-bond acceptors (Lipinski definition) is 4. The van der Waals surface area contributed by atoms with Crippen molar-refractivity contribution in [2.45, 2.75) is 88.8 Å². The van der Waals surface area contributed by atoms with E-state index in [-0.39, 0.29) is 39.7 Å². The van der Waals surface area contributed by atoms with Crippen molar-refractivity contribution in [3.8, 4) is 0 Å². The number of halogens is 3. The number of nitrogens with one attached hydrogen (secondary N) is 2. The number of hydrogen-bond donors (Lipinski definition) is 3. The van der Waals surface area contributed by atoms with Crippen molar-refractivity contribution in [3.05, 3.63) is 63.4 Å². The number of aliphatic hydroxyl groups excluding tert-OH is 1. The molecule has 5 rings (SSSR count). The lowest BCUT2D eigenvalue weighted by Crippen LogP contribution is -2.49. The van der Waals surface area contributed by atoms with Crippen LogP contribution < -0.4 is 10.6 Å². The van der Waals surface area contributed by atoms with E-state index in [0.29, 0.717) is 42.0 Å². The number of fused-ring (bicyclic) bond motifs is 2. The van der Waals surface area contributed by atoms with Gasteiger partial charge in [-0.1, -0.05) is 62.2 Å². The summed E-state index contributed by atoms with van der Waals surface area (Å²) in [6, 6.07) is 8.87. The minimum absolute atomic E-state index is 0.0400. The van der Waals surface area contributed by atoms with Gasteiger partial charge in [-0.25, -0.2) is 4.39 Å². The highest BCUT2D eigenvalue weighted by molar-refractivity contribution is 6.31. The van der Waals surface area contributed by atoms with Gasteiger partial charge in [0.2, 0.25) is 5.91 Å². The highest BCUT2D eigenvalue weighted by Crippen LogP contribution is 2.57. The second-order valence-corrected chi connectivity index (χ2v) is 13.3. The Morgan fingerprint density at radius 3 is 2.53 bits per heavy atom. The van der Waals surface area contributed by atoms with Crippen LogP contribution in [0.2, 0.25) is 10.0 Å². The topological polar surface area (TPSA) is 78.4 Å². The molecule has 5 nitrogen and oxygen atoms in total. The Morgan fingerprint density at radius 2 is 1.84 bits per heavy atom. The van der Waals surface area contributed by atoms with Crippen molar-refractivity contribution >= 4 is 40.6 Å². The average Bonchev–Trinajstić information content (AvgIpc) is 3.31. The first-order valence-electron chi connectivity index (χ1n) is 13.4. The second-order valence-electron chi connectivity index (χ2n) is 12.4. The maximum absolute atomic E-state index is 15.8. The summed E-state index contributed by atoms with van der Waals surface area (Å²) in [5.41, 5.74) is 0.146. The number of amides is 1. The predicted molar refractivity (Wildman–Crippen MR) is 148 cm³/mol. The molecule has 1 spiro atoms. The first kappa shape index (κ1) is 27.6. The highest BCUT2D eigenvalue weighted by Gasteiger charge is 2.66. The smallest absolute Gasteiger partial charge is 0.237 e. The van der Waals surface area contributed by atoms with Crippen molar-refractivity contribution < 1.29 is 19.1 Å². The Kier molecular flexibility index (Phi) is 7.40. The number of carbonyl (C=O) groups is 2. The van der Waals surface area contributed by atoms with Crippen LogP contribution in [-0.4, -0.2) is 35.0 Å². The van der Waals surface area contributed by atoms with Crippen LogP contribution in [0, 0.1) is 17.2 Å². The number of Topliss-reactive ketones (excluding diaryl/α,β-unsaturated/α-hetero) is 1. The van der Waals surface area contributed by atoms with Crippen LogP contribution in [0.5, 0.6) is 0 Å². The van der Waals surface area contributed by atoms with Crippen LogP contribution in [0.25, 0.3) is 0 Å². The molecule has 2 aromatic carbocycles. The monoisotopic (exact) mass is 560 g/mol. The van der Waals surface area contributed by atoms with E-state index in [1.54, 1.807) is 24.3 Å². The lowest BCUT2D eigenvalue weighted by atomic mass is 9.62. The molecule has 0 unspecified atom stereocenters. The maximum Gasteiger partial charge on any atom is 0.237 e. The van der Waals surface area contributed by atoms with E-state index < -0.39 is 29.2 Å². The molecule has 2 heterocycles. The second kappa shape index (κ2) is 10.2. The summed E-state index contributed by atoms with van der Waals surface area (Å²) in [6.45, 7) is 6.28. The third-order valence-electron chi connectivity index (χ3n) is 8.59. The molecule has 2 aromatic rings. The molecule has 2 fully saturated rings. The van der Waals surface area contributed by atoms with Gasteiger partial charge in [0.15, 0.2) is 5.78 Å². The number of anilines is 1. The van der Waals surface area contributed by atoms with Gasteiger partial charge < -0.3 is 15.7 Å². The fourth-order valence-corrected chi connectivity index (χ4v) is 7.32. The van der Waals surface area contributed by atoms with E-state index in [0.717, 1.165) is 12.8 Å². The van der Waals surface area contributed by atoms with Crippen molar-refractivity contribution in [2.24, 2.45) is 11.3 Å². The standard InChI is InChI=1S/C30H35Cl2FN2O3/c1-29(2,3)15-24-30(20-12-9-17(31)14-22(20)34-28(30)38)25(19-5-4-6-21(32)26(19)33)27(35-24)23(37)13-16-7-10-18(36)11-8-16/h4-6,9,12,14,16,18,24-25,27,35-36H,7-8,10-11,13,15H2,1-3H3,(H,34,38)/t16?,18?,24-,25+,27+,30+/m0/s1. The van der Waals surface area contributed by atoms with Crippen LogP contribution >= 0.6 is 23.2 Å². The highest BCUT2D eigenvalue weighted by atomic mass is 35.5. The van der Waals surface area contributed by atoms with E-state index in [1.807, 2.05) is 6.07 Å². The summed E-state index contributed by atoms with van der Waals surface area (Å²) in [4.78, 5) is 28.2. The molecule has 1 saturated carbocycles. The molecular formula is C30H35Cl2FN2O3. The normalized spacial score (nSPS) is 30.9. The molecule has 2 aliphatic heterocycles. The van der Waals surface area contributed by atoms with Gasteiger partial charge in [0.1, 0.15) is 11.2 Å². The van der Waals surface area contributed by atoms with Crippen molar-refractivity contribution in [1.29, 1.82) is 0 Å². The molecule has 4 atom stereocenters. The van der Waals surface area contributed by atoms with Gasteiger partial charge in [0.25, 0.3) is 0 Å². The van der Waals surface area contributed by atoms with Crippen LogP contribution in [-0.2, 0) is 15.0 Å². The molecule has 0 aromatic heterocycles. The molecule has 3 aliphatic rings. The number of aliphatic hydroxyl groups is 1. The zero-order valence-electron chi connectivity index (χ0n) is 22.0. The summed E-state index contributed by atoms with van der Waals surface area (Å²) in [7, 11) is 0. The lowest BCUT2D eigenvalue weighted by molar-refractivity contribution is -0.123. The summed E-state index contributed by atoms with van der Waals surface area (Å²) in [5.74, 6) is -1.57. The fraction of sp³-hybridized carbons (Fsp3) is 0.533. The van der Waals surface area contributed by atoms with Crippen LogP contribution in [0.4, 0.5) is 10.1 Å². The maximum atomic E-state index is 15.8.